The Kier molecular flexibility index (Phi) is 5.01. The molecule has 1 atom stereocenters. The van der Waals surface area contributed by atoms with Crippen molar-refractivity contribution in [1.82, 2.24) is 0 Å². The summed E-state index contributed by atoms with van der Waals surface area (Å²) in [4.78, 5) is 22.2. The van der Waals surface area contributed by atoms with Crippen LogP contribution in [0.1, 0.15) is 32.6 Å². The molecule has 1 saturated carbocycles. The highest BCUT2D eigenvalue weighted by Crippen LogP contribution is 2.26. The van der Waals surface area contributed by atoms with E-state index in [-0.39, 0.29) is 5.97 Å². The molecule has 0 bridgehead atoms. The maximum absolute atomic E-state index is 11.1. The molecule has 0 aromatic carbocycles. The summed E-state index contributed by atoms with van der Waals surface area (Å²) in [6.45, 7) is 2.23. The largest absolute Gasteiger partial charge is 0.465 e. The number of rotatable bonds is 4. The fourth-order valence-electron chi connectivity index (χ4n) is 1.52. The molecular formula is C10H16O3S. The quantitative estimate of drug-likeness (QED) is 0.672. The molecule has 14 heavy (non-hydrogen) atoms. The minimum Gasteiger partial charge on any atom is -0.465 e. The van der Waals surface area contributed by atoms with Crippen molar-refractivity contribution in [3.8, 4) is 0 Å². The van der Waals surface area contributed by atoms with Gasteiger partial charge < -0.3 is 4.74 Å². The Bertz CT molecular complexity index is 215. The third-order valence-electron chi connectivity index (χ3n) is 2.18. The molecule has 0 N–H and O–H groups in total. The molecule has 0 aromatic heterocycles. The summed E-state index contributed by atoms with van der Waals surface area (Å²) in [5, 5.41) is 0.334. The molecule has 0 saturated heterocycles. The molecular weight excluding hydrogens is 200 g/mol. The van der Waals surface area contributed by atoms with Crippen LogP contribution in [0, 0.1) is 0 Å². The van der Waals surface area contributed by atoms with Gasteiger partial charge >= 0.3 is 5.97 Å². The van der Waals surface area contributed by atoms with E-state index in [0.29, 0.717) is 29.8 Å². The second kappa shape index (κ2) is 6.06. The number of hydrogen-bond acceptors (Lipinski definition) is 4. The van der Waals surface area contributed by atoms with Crippen molar-refractivity contribution in [2.24, 2.45) is 0 Å². The molecule has 80 valence electrons. The Morgan fingerprint density at radius 3 is 3.07 bits per heavy atom. The monoisotopic (exact) mass is 216 g/mol. The summed E-state index contributed by atoms with van der Waals surface area (Å²) in [5.74, 6) is 0.541. The third kappa shape index (κ3) is 4.13. The maximum atomic E-state index is 11.1. The van der Waals surface area contributed by atoms with Crippen LogP contribution >= 0.6 is 11.8 Å². The highest BCUT2D eigenvalue weighted by molar-refractivity contribution is 8.00. The van der Waals surface area contributed by atoms with Crippen LogP contribution in [0.4, 0.5) is 0 Å². The van der Waals surface area contributed by atoms with Crippen LogP contribution in [-0.4, -0.2) is 29.4 Å². The van der Waals surface area contributed by atoms with Crippen molar-refractivity contribution >= 4 is 23.5 Å². The predicted octanol–water partition coefficient (Wildman–Crippen LogP) is 1.79. The lowest BCUT2D eigenvalue weighted by Gasteiger charge is -2.19. The van der Waals surface area contributed by atoms with Crippen molar-refractivity contribution < 1.29 is 14.3 Å². The van der Waals surface area contributed by atoms with E-state index in [9.17, 15) is 9.59 Å². The summed E-state index contributed by atoms with van der Waals surface area (Å²) >= 11 is 1.55. The van der Waals surface area contributed by atoms with Crippen LogP contribution in [0.15, 0.2) is 0 Å². The Morgan fingerprint density at radius 2 is 2.43 bits per heavy atom. The number of carbonyl (C=O) groups is 2. The molecule has 0 heterocycles. The molecule has 1 rings (SSSR count). The predicted molar refractivity (Wildman–Crippen MR) is 56.4 cm³/mol. The standard InChI is InChI=1S/C10H16O3S/c1-2-13-10(12)7-14-9-5-3-4-8(11)6-9/h9H,2-7H2,1H3. The summed E-state index contributed by atoms with van der Waals surface area (Å²) in [6.07, 6.45) is 3.37. The Morgan fingerprint density at radius 1 is 1.64 bits per heavy atom. The zero-order chi connectivity index (χ0) is 10.4. The number of carbonyl (C=O) groups excluding carboxylic acids is 2. The van der Waals surface area contributed by atoms with Crippen molar-refractivity contribution in [2.75, 3.05) is 12.4 Å². The van der Waals surface area contributed by atoms with Gasteiger partial charge in [-0.25, -0.2) is 0 Å². The fourth-order valence-corrected chi connectivity index (χ4v) is 2.61. The zero-order valence-corrected chi connectivity index (χ0v) is 9.27. The van der Waals surface area contributed by atoms with Gasteiger partial charge in [-0.15, -0.1) is 11.8 Å². The summed E-state index contributed by atoms with van der Waals surface area (Å²) in [6, 6.07) is 0. The van der Waals surface area contributed by atoms with E-state index in [2.05, 4.69) is 0 Å². The second-order valence-electron chi connectivity index (χ2n) is 3.37. The molecule has 0 spiro atoms. The summed E-state index contributed by atoms with van der Waals surface area (Å²) in [7, 11) is 0. The van der Waals surface area contributed by atoms with Crippen LogP contribution in [0.2, 0.25) is 0 Å². The van der Waals surface area contributed by atoms with Gasteiger partial charge in [-0.1, -0.05) is 0 Å². The smallest absolute Gasteiger partial charge is 0.315 e. The minimum absolute atomic E-state index is 0.171. The maximum Gasteiger partial charge on any atom is 0.315 e. The fraction of sp³-hybridized carbons (Fsp3) is 0.800. The number of ether oxygens (including phenoxy) is 1. The lowest BCUT2D eigenvalue weighted by Crippen LogP contribution is -2.19. The number of ketones is 1. The SMILES string of the molecule is CCOC(=O)CSC1CCCC(=O)C1. The first-order valence-electron chi connectivity index (χ1n) is 5.01. The summed E-state index contributed by atoms with van der Waals surface area (Å²) in [5.41, 5.74) is 0. The van der Waals surface area contributed by atoms with E-state index in [0.717, 1.165) is 19.3 Å². The van der Waals surface area contributed by atoms with E-state index in [1.807, 2.05) is 0 Å². The number of Topliss-reactive ketones (excluding diaryl/α,β-unsaturated/α-hetero) is 1. The normalized spacial score (nSPS) is 22.1. The lowest BCUT2D eigenvalue weighted by atomic mass is 9.99. The molecule has 4 heteroatoms. The molecule has 0 radical (unpaired) electrons. The molecule has 0 aromatic rings. The van der Waals surface area contributed by atoms with E-state index in [1.54, 1.807) is 18.7 Å². The van der Waals surface area contributed by atoms with Crippen molar-refractivity contribution in [3.05, 3.63) is 0 Å². The highest BCUT2D eigenvalue weighted by atomic mass is 32.2. The van der Waals surface area contributed by atoms with Gasteiger partial charge in [0.2, 0.25) is 0 Å². The van der Waals surface area contributed by atoms with Crippen LogP contribution in [0.5, 0.6) is 0 Å². The van der Waals surface area contributed by atoms with E-state index >= 15 is 0 Å². The van der Waals surface area contributed by atoms with Crippen LogP contribution in [0.25, 0.3) is 0 Å². The van der Waals surface area contributed by atoms with Crippen LogP contribution in [-0.2, 0) is 14.3 Å². The van der Waals surface area contributed by atoms with E-state index < -0.39 is 0 Å². The first-order chi connectivity index (χ1) is 6.72. The average Bonchev–Trinajstić information content (AvgIpc) is 2.15. The zero-order valence-electron chi connectivity index (χ0n) is 8.45. The van der Waals surface area contributed by atoms with E-state index in [4.69, 9.17) is 4.74 Å². The van der Waals surface area contributed by atoms with E-state index in [1.165, 1.54) is 0 Å². The second-order valence-corrected chi connectivity index (χ2v) is 4.66. The molecule has 0 amide bonds. The van der Waals surface area contributed by atoms with Gasteiger partial charge in [0.15, 0.2) is 0 Å². The number of thioether (sulfide) groups is 1. The lowest BCUT2D eigenvalue weighted by molar-refractivity contribution is -0.139. The van der Waals surface area contributed by atoms with Gasteiger partial charge in [-0.2, -0.15) is 0 Å². The van der Waals surface area contributed by atoms with Crippen LogP contribution in [0.3, 0.4) is 0 Å². The Balaban J connectivity index is 2.17. The molecule has 0 aliphatic heterocycles. The topological polar surface area (TPSA) is 43.4 Å². The summed E-state index contributed by atoms with van der Waals surface area (Å²) < 4.78 is 4.82. The molecule has 1 aliphatic carbocycles. The Labute approximate surface area is 88.6 Å². The van der Waals surface area contributed by atoms with Crippen molar-refractivity contribution in [3.63, 3.8) is 0 Å². The molecule has 1 aliphatic rings. The Hall–Kier alpha value is -0.510. The van der Waals surface area contributed by atoms with Crippen LogP contribution < -0.4 is 0 Å². The minimum atomic E-state index is -0.171. The molecule has 1 unspecified atom stereocenters. The van der Waals surface area contributed by atoms with Gasteiger partial charge in [0.25, 0.3) is 0 Å². The third-order valence-corrected chi connectivity index (χ3v) is 3.46. The van der Waals surface area contributed by atoms with Gasteiger partial charge in [0.1, 0.15) is 5.78 Å². The number of hydrogen-bond donors (Lipinski definition) is 0. The number of esters is 1. The first-order valence-corrected chi connectivity index (χ1v) is 6.06. The van der Waals surface area contributed by atoms with Gasteiger partial charge in [-0.3, -0.25) is 9.59 Å². The first kappa shape index (κ1) is 11.6. The van der Waals surface area contributed by atoms with Gasteiger partial charge in [0, 0.05) is 18.1 Å². The van der Waals surface area contributed by atoms with Gasteiger partial charge in [0.05, 0.1) is 12.4 Å². The van der Waals surface area contributed by atoms with Crippen molar-refractivity contribution in [2.45, 2.75) is 37.9 Å². The highest BCUT2D eigenvalue weighted by Gasteiger charge is 2.20. The molecule has 1 fully saturated rings. The average molecular weight is 216 g/mol. The molecule has 3 nitrogen and oxygen atoms in total. The van der Waals surface area contributed by atoms with Crippen molar-refractivity contribution in [1.29, 1.82) is 0 Å². The van der Waals surface area contributed by atoms with Gasteiger partial charge in [-0.05, 0) is 19.8 Å².